The van der Waals surface area contributed by atoms with Gasteiger partial charge in [0.05, 0.1) is 0 Å². The number of ketones is 1. The maximum atomic E-state index is 12.2. The second kappa shape index (κ2) is 6.19. The number of fused-ring (bicyclic) bond motifs is 5. The summed E-state index contributed by atoms with van der Waals surface area (Å²) in [6.07, 6.45) is 13.3. The maximum Gasteiger partial charge on any atom is 0.184 e. The number of carbonyl (C=O) groups is 1. The van der Waals surface area contributed by atoms with Crippen LogP contribution in [0.2, 0.25) is 0 Å². The van der Waals surface area contributed by atoms with Gasteiger partial charge in [-0.3, -0.25) is 4.79 Å². The molecule has 0 aromatic heterocycles. The molecule has 0 amide bonds. The van der Waals surface area contributed by atoms with Crippen molar-refractivity contribution in [2.75, 3.05) is 0 Å². The lowest BCUT2D eigenvalue weighted by atomic mass is 9.48. The molecule has 142 valence electrons. The number of allylic oxidation sites excluding steroid dienone is 4. The first kappa shape index (κ1) is 18.2. The molecule has 7 atom stereocenters. The zero-order chi connectivity index (χ0) is 18.7. The summed E-state index contributed by atoms with van der Waals surface area (Å²) < 4.78 is 0. The molecular formula is C24H34O2. The molecule has 0 spiro atoms. The molecule has 4 rings (SSSR count). The monoisotopic (exact) mass is 354 g/mol. The summed E-state index contributed by atoms with van der Waals surface area (Å²) in [6.45, 7) is 11.2. The zero-order valence-electron chi connectivity index (χ0n) is 16.6. The lowest BCUT2D eigenvalue weighted by Gasteiger charge is -2.56. The molecule has 2 fully saturated rings. The third-order valence-electron chi connectivity index (χ3n) is 8.70. The Labute approximate surface area is 158 Å². The second-order valence-electron chi connectivity index (χ2n) is 9.80. The van der Waals surface area contributed by atoms with Crippen LogP contribution in [-0.4, -0.2) is 17.0 Å². The van der Waals surface area contributed by atoms with E-state index in [4.69, 9.17) is 0 Å². The first-order valence-electron chi connectivity index (χ1n) is 10.6. The fraction of sp³-hybridized carbons (Fsp3) is 0.708. The largest absolute Gasteiger partial charge is 0.385 e. The third-order valence-corrected chi connectivity index (χ3v) is 8.70. The molecular weight excluding hydrogens is 320 g/mol. The van der Waals surface area contributed by atoms with E-state index in [2.05, 4.69) is 39.5 Å². The van der Waals surface area contributed by atoms with Gasteiger partial charge in [-0.1, -0.05) is 50.5 Å². The minimum atomic E-state index is -0.832. The average molecular weight is 355 g/mol. The van der Waals surface area contributed by atoms with Crippen molar-refractivity contribution in [1.82, 2.24) is 0 Å². The molecule has 0 saturated heterocycles. The Kier molecular flexibility index (Phi) is 4.34. The van der Waals surface area contributed by atoms with Gasteiger partial charge in [-0.25, -0.2) is 0 Å². The summed E-state index contributed by atoms with van der Waals surface area (Å²) in [5.41, 5.74) is 3.09. The fourth-order valence-corrected chi connectivity index (χ4v) is 7.27. The zero-order valence-corrected chi connectivity index (χ0v) is 16.6. The summed E-state index contributed by atoms with van der Waals surface area (Å²) in [6, 6.07) is 0. The molecule has 4 aliphatic carbocycles. The van der Waals surface area contributed by atoms with Crippen LogP contribution in [-0.2, 0) is 4.79 Å². The molecule has 0 aromatic carbocycles. The Morgan fingerprint density at radius 3 is 2.81 bits per heavy atom. The summed E-state index contributed by atoms with van der Waals surface area (Å²) in [7, 11) is 0. The lowest BCUT2D eigenvalue weighted by molar-refractivity contribution is -0.124. The molecule has 2 nitrogen and oxygen atoms in total. The van der Waals surface area contributed by atoms with E-state index in [0.717, 1.165) is 31.1 Å². The van der Waals surface area contributed by atoms with Gasteiger partial charge in [0.2, 0.25) is 0 Å². The highest BCUT2D eigenvalue weighted by Gasteiger charge is 2.58. The van der Waals surface area contributed by atoms with Crippen molar-refractivity contribution in [3.8, 4) is 0 Å². The highest BCUT2D eigenvalue weighted by molar-refractivity contribution is 5.95. The highest BCUT2D eigenvalue weighted by atomic mass is 16.3. The number of aliphatic hydroxyl groups is 1. The van der Waals surface area contributed by atoms with E-state index in [1.165, 1.54) is 30.4 Å². The van der Waals surface area contributed by atoms with E-state index >= 15 is 0 Å². The van der Waals surface area contributed by atoms with Gasteiger partial charge >= 0.3 is 0 Å². The van der Waals surface area contributed by atoms with E-state index in [9.17, 15) is 9.90 Å². The standard InChI is InChI=1S/C24H34O2/c1-5-7-15-12-17-13-20(25)21(26)14-24(17,4)19-10-11-23(3)16(6-2)8-9-18(23)22(15)19/h5,10,13,15-16,18,21-22,26H,1,6-9,11-12,14H2,2-4H3/t15?,16-,18-,21?,22-,23+,24-/m0/s1. The van der Waals surface area contributed by atoms with E-state index < -0.39 is 6.10 Å². The molecule has 2 unspecified atom stereocenters. The van der Waals surface area contributed by atoms with Crippen LogP contribution >= 0.6 is 0 Å². The van der Waals surface area contributed by atoms with E-state index in [1.54, 1.807) is 6.08 Å². The van der Waals surface area contributed by atoms with E-state index in [1.807, 2.05) is 0 Å². The predicted molar refractivity (Wildman–Crippen MR) is 106 cm³/mol. The van der Waals surface area contributed by atoms with Gasteiger partial charge < -0.3 is 5.11 Å². The summed E-state index contributed by atoms with van der Waals surface area (Å²) >= 11 is 0. The maximum absolute atomic E-state index is 12.2. The van der Waals surface area contributed by atoms with Crippen molar-refractivity contribution in [1.29, 1.82) is 0 Å². The smallest absolute Gasteiger partial charge is 0.184 e. The average Bonchev–Trinajstić information content (AvgIpc) is 2.94. The Morgan fingerprint density at radius 2 is 2.12 bits per heavy atom. The van der Waals surface area contributed by atoms with Gasteiger partial charge in [0.1, 0.15) is 6.10 Å². The molecule has 4 aliphatic rings. The van der Waals surface area contributed by atoms with Crippen LogP contribution in [0.1, 0.15) is 65.7 Å². The molecule has 2 saturated carbocycles. The third kappa shape index (κ3) is 2.37. The van der Waals surface area contributed by atoms with Crippen LogP contribution in [0.4, 0.5) is 0 Å². The normalized spacial score (nSPS) is 47.4. The number of aliphatic hydroxyl groups excluding tert-OH is 1. The number of hydrogen-bond donors (Lipinski definition) is 1. The van der Waals surface area contributed by atoms with Crippen molar-refractivity contribution in [3.63, 3.8) is 0 Å². The van der Waals surface area contributed by atoms with Gasteiger partial charge in [0.15, 0.2) is 5.78 Å². The van der Waals surface area contributed by atoms with Gasteiger partial charge in [-0.15, -0.1) is 6.58 Å². The number of hydrogen-bond acceptors (Lipinski definition) is 2. The van der Waals surface area contributed by atoms with Crippen LogP contribution in [0.3, 0.4) is 0 Å². The second-order valence-corrected chi connectivity index (χ2v) is 9.80. The van der Waals surface area contributed by atoms with Crippen LogP contribution in [0.15, 0.2) is 36.0 Å². The Hall–Kier alpha value is -1.15. The van der Waals surface area contributed by atoms with E-state index in [-0.39, 0.29) is 11.2 Å². The lowest BCUT2D eigenvalue weighted by Crippen LogP contribution is -2.49. The molecule has 0 bridgehead atoms. The molecule has 26 heavy (non-hydrogen) atoms. The van der Waals surface area contributed by atoms with Crippen LogP contribution in [0, 0.1) is 34.5 Å². The van der Waals surface area contributed by atoms with Crippen molar-refractivity contribution < 1.29 is 9.90 Å². The van der Waals surface area contributed by atoms with Gasteiger partial charge in [-0.2, -0.15) is 0 Å². The summed E-state index contributed by atoms with van der Waals surface area (Å²) in [5, 5.41) is 10.3. The number of rotatable bonds is 3. The van der Waals surface area contributed by atoms with Crippen LogP contribution in [0.5, 0.6) is 0 Å². The van der Waals surface area contributed by atoms with Crippen molar-refractivity contribution >= 4 is 5.78 Å². The first-order valence-corrected chi connectivity index (χ1v) is 10.6. The van der Waals surface area contributed by atoms with Crippen LogP contribution in [0.25, 0.3) is 0 Å². The van der Waals surface area contributed by atoms with Gasteiger partial charge in [0, 0.05) is 5.41 Å². The van der Waals surface area contributed by atoms with Crippen LogP contribution < -0.4 is 0 Å². The Bertz CT molecular complexity index is 686. The van der Waals surface area contributed by atoms with Gasteiger partial charge in [-0.05, 0) is 73.7 Å². The van der Waals surface area contributed by atoms with Crippen molar-refractivity contribution in [2.45, 2.75) is 71.8 Å². The molecule has 1 N–H and O–H groups in total. The minimum Gasteiger partial charge on any atom is -0.385 e. The van der Waals surface area contributed by atoms with Gasteiger partial charge in [0.25, 0.3) is 0 Å². The molecule has 0 heterocycles. The van der Waals surface area contributed by atoms with Crippen molar-refractivity contribution in [2.24, 2.45) is 34.5 Å². The topological polar surface area (TPSA) is 37.3 Å². The predicted octanol–water partition coefficient (Wildman–Crippen LogP) is 5.24. The fourth-order valence-electron chi connectivity index (χ4n) is 7.27. The minimum absolute atomic E-state index is 0.0959. The highest BCUT2D eigenvalue weighted by Crippen LogP contribution is 2.66. The molecule has 2 heteroatoms. The Balaban J connectivity index is 1.81. The first-order chi connectivity index (χ1) is 12.3. The molecule has 0 aliphatic heterocycles. The SMILES string of the molecule is C=CCC1CC2=CC(=O)C(O)C[C@]2(C)C2=CC[C@]3(C)[C@@H](CC)CC[C@H]3[C@@H]21. The van der Waals surface area contributed by atoms with Crippen molar-refractivity contribution in [3.05, 3.63) is 36.0 Å². The van der Waals surface area contributed by atoms with E-state index in [0.29, 0.717) is 23.7 Å². The summed E-state index contributed by atoms with van der Waals surface area (Å²) in [5.74, 6) is 2.62. The molecule has 0 aromatic rings. The number of carbonyl (C=O) groups excluding carboxylic acids is 1. The molecule has 0 radical (unpaired) electrons. The Morgan fingerprint density at radius 1 is 1.35 bits per heavy atom. The summed E-state index contributed by atoms with van der Waals surface area (Å²) in [4.78, 5) is 12.2. The quantitative estimate of drug-likeness (QED) is 0.704.